The first-order valence-electron chi connectivity index (χ1n) is 10.4. The van der Waals surface area contributed by atoms with Gasteiger partial charge in [0.2, 0.25) is 6.29 Å². The van der Waals surface area contributed by atoms with Crippen LogP contribution >= 0.6 is 0 Å². The number of hydrogen-bond acceptors (Lipinski definition) is 7. The highest BCUT2D eigenvalue weighted by Crippen LogP contribution is 2.38. The largest absolute Gasteiger partial charge is 0.489 e. The molecule has 3 atom stereocenters. The van der Waals surface area contributed by atoms with Crippen molar-refractivity contribution in [1.29, 1.82) is 0 Å². The Hall–Kier alpha value is -2.52. The molecular formula is C22H33N3O6. The van der Waals surface area contributed by atoms with E-state index < -0.39 is 17.7 Å². The number of nitrogens with zero attached hydrogens (tertiary/aromatic N) is 2. The molecule has 0 radical (unpaired) electrons. The van der Waals surface area contributed by atoms with Gasteiger partial charge in [-0.05, 0) is 59.7 Å². The van der Waals surface area contributed by atoms with E-state index in [-0.39, 0.29) is 30.6 Å². The smallest absolute Gasteiger partial charge is 0.408 e. The number of anilines is 2. The molecule has 2 amide bonds. The molecule has 0 bridgehead atoms. The van der Waals surface area contributed by atoms with Crippen LogP contribution in [-0.4, -0.2) is 62.5 Å². The molecule has 1 aromatic carbocycles. The summed E-state index contributed by atoms with van der Waals surface area (Å²) in [6.45, 7) is 11.2. The van der Waals surface area contributed by atoms with Crippen molar-refractivity contribution in [3.8, 4) is 5.75 Å². The van der Waals surface area contributed by atoms with Crippen LogP contribution in [0.15, 0.2) is 18.2 Å². The van der Waals surface area contributed by atoms with Gasteiger partial charge in [0.15, 0.2) is 6.23 Å². The first kappa shape index (κ1) is 23.1. The highest BCUT2D eigenvalue weighted by Gasteiger charge is 2.46. The fraction of sp³-hybridized carbons (Fsp3) is 0.636. The molecule has 9 nitrogen and oxygen atoms in total. The van der Waals surface area contributed by atoms with Crippen LogP contribution in [0.1, 0.15) is 41.5 Å². The molecule has 0 saturated carbocycles. The van der Waals surface area contributed by atoms with Crippen molar-refractivity contribution in [2.24, 2.45) is 0 Å². The number of benzene rings is 1. The minimum Gasteiger partial charge on any atom is -0.489 e. The summed E-state index contributed by atoms with van der Waals surface area (Å²) >= 11 is 0. The van der Waals surface area contributed by atoms with Gasteiger partial charge in [-0.2, -0.15) is 0 Å². The minimum absolute atomic E-state index is 0.0117. The molecule has 1 saturated heterocycles. The predicted molar refractivity (Wildman–Crippen MR) is 116 cm³/mol. The lowest BCUT2D eigenvalue weighted by atomic mass is 10.2. The summed E-state index contributed by atoms with van der Waals surface area (Å²) in [6, 6.07) is 4.71. The topological polar surface area (TPSA) is 92.9 Å². The number of carbonyl (C=O) groups excluding carboxylic acids is 2. The summed E-state index contributed by atoms with van der Waals surface area (Å²) in [6.07, 6.45) is -1.17. The van der Waals surface area contributed by atoms with Gasteiger partial charge < -0.3 is 34.1 Å². The van der Waals surface area contributed by atoms with Crippen LogP contribution < -0.4 is 19.9 Å². The molecule has 2 aliphatic heterocycles. The first-order chi connectivity index (χ1) is 14.2. The van der Waals surface area contributed by atoms with E-state index in [1.165, 1.54) is 4.90 Å². The third-order valence-corrected chi connectivity index (χ3v) is 4.72. The Morgan fingerprint density at radius 3 is 2.48 bits per heavy atom. The zero-order chi connectivity index (χ0) is 23.1. The number of fused-ring (bicyclic) bond motifs is 1. The molecule has 0 spiro atoms. The Labute approximate surface area is 183 Å². The van der Waals surface area contributed by atoms with Gasteiger partial charge in [-0.15, -0.1) is 0 Å². The van der Waals surface area contributed by atoms with E-state index in [4.69, 9.17) is 18.9 Å². The lowest BCUT2D eigenvalue weighted by molar-refractivity contribution is -0.120. The average molecular weight is 436 g/mol. The molecule has 3 rings (SSSR count). The Balaban J connectivity index is 1.71. The molecule has 0 aliphatic carbocycles. The van der Waals surface area contributed by atoms with Gasteiger partial charge in [0.1, 0.15) is 24.0 Å². The zero-order valence-corrected chi connectivity index (χ0v) is 19.5. The molecule has 1 aromatic rings. The lowest BCUT2D eigenvalue weighted by Crippen LogP contribution is -2.50. The second-order valence-corrected chi connectivity index (χ2v) is 9.80. The molecule has 2 heterocycles. The number of rotatable bonds is 4. The molecule has 2 aliphatic rings. The highest BCUT2D eigenvalue weighted by molar-refractivity contribution is 6.00. The summed E-state index contributed by atoms with van der Waals surface area (Å²) in [4.78, 5) is 28.5. The van der Waals surface area contributed by atoms with E-state index in [9.17, 15) is 9.59 Å². The van der Waals surface area contributed by atoms with Gasteiger partial charge in [-0.1, -0.05) is 0 Å². The van der Waals surface area contributed by atoms with Crippen molar-refractivity contribution < 1.29 is 28.5 Å². The van der Waals surface area contributed by atoms with Gasteiger partial charge in [-0.3, -0.25) is 4.79 Å². The fourth-order valence-corrected chi connectivity index (χ4v) is 3.21. The standard InChI is InChI=1S/C22H33N3O6/c1-21(2,3)30-19-18(29-19)24(7)13-9-10-16-15(11-13)25(8)17(26)14(12-28-16)23-20(27)31-22(4,5)6/h9-11,14,18-19H,12H2,1-8H3,(H,23,27)/t14-,18?,19?/m0/s1. The number of amides is 2. The quantitative estimate of drug-likeness (QED) is 0.727. The Bertz CT molecular complexity index is 845. The number of alkyl carbamates (subject to hydrolysis) is 1. The zero-order valence-electron chi connectivity index (χ0n) is 19.5. The molecule has 1 fully saturated rings. The minimum atomic E-state index is -0.857. The van der Waals surface area contributed by atoms with E-state index in [1.807, 2.05) is 50.9 Å². The van der Waals surface area contributed by atoms with Crippen LogP contribution in [-0.2, 0) is 19.0 Å². The van der Waals surface area contributed by atoms with Gasteiger partial charge in [-0.25, -0.2) is 4.79 Å². The molecule has 0 aromatic heterocycles. The van der Waals surface area contributed by atoms with Gasteiger partial charge in [0.25, 0.3) is 5.91 Å². The molecule has 172 valence electrons. The molecule has 2 unspecified atom stereocenters. The van der Waals surface area contributed by atoms with Crippen LogP contribution in [0.3, 0.4) is 0 Å². The first-order valence-corrected chi connectivity index (χ1v) is 10.4. The molecule has 31 heavy (non-hydrogen) atoms. The maximum Gasteiger partial charge on any atom is 0.408 e. The monoisotopic (exact) mass is 435 g/mol. The van der Waals surface area contributed by atoms with Crippen molar-refractivity contribution >= 4 is 23.4 Å². The van der Waals surface area contributed by atoms with Crippen molar-refractivity contribution in [3.05, 3.63) is 18.2 Å². The molecule has 1 N–H and O–H groups in total. The number of nitrogens with one attached hydrogen (secondary N) is 1. The lowest BCUT2D eigenvalue weighted by Gasteiger charge is -2.24. The number of carbonyl (C=O) groups is 2. The Morgan fingerprint density at radius 1 is 1.19 bits per heavy atom. The second-order valence-electron chi connectivity index (χ2n) is 9.80. The average Bonchev–Trinajstić information content (AvgIpc) is 3.39. The fourth-order valence-electron chi connectivity index (χ4n) is 3.21. The van der Waals surface area contributed by atoms with Crippen molar-refractivity contribution in [1.82, 2.24) is 5.32 Å². The number of likely N-dealkylation sites (N-methyl/N-ethyl adjacent to an activating group) is 2. The van der Waals surface area contributed by atoms with Crippen LogP contribution in [0.2, 0.25) is 0 Å². The van der Waals surface area contributed by atoms with E-state index in [0.29, 0.717) is 11.4 Å². The van der Waals surface area contributed by atoms with Crippen LogP contribution in [0.25, 0.3) is 0 Å². The van der Waals surface area contributed by atoms with Gasteiger partial charge >= 0.3 is 6.09 Å². The van der Waals surface area contributed by atoms with Crippen molar-refractivity contribution in [2.45, 2.75) is 71.3 Å². The Kier molecular flexibility index (Phi) is 6.12. The van der Waals surface area contributed by atoms with E-state index in [2.05, 4.69) is 5.32 Å². The van der Waals surface area contributed by atoms with E-state index in [1.54, 1.807) is 27.8 Å². The maximum atomic E-state index is 13.0. The normalized spacial score (nSPS) is 23.4. The summed E-state index contributed by atoms with van der Waals surface area (Å²) < 4.78 is 22.6. The predicted octanol–water partition coefficient (Wildman–Crippen LogP) is 2.87. The third kappa shape index (κ3) is 5.80. The number of ether oxygens (including phenoxy) is 4. The molecule has 9 heteroatoms. The second kappa shape index (κ2) is 8.20. The number of epoxide rings is 1. The SMILES string of the molecule is CN1C(=O)[C@@H](NC(=O)OC(C)(C)C)COc2ccc(N(C)C3OC3OC(C)(C)C)cc21. The molecular weight excluding hydrogens is 402 g/mol. The van der Waals surface area contributed by atoms with E-state index in [0.717, 1.165) is 5.69 Å². The van der Waals surface area contributed by atoms with Crippen LogP contribution in [0.5, 0.6) is 5.75 Å². The van der Waals surface area contributed by atoms with Gasteiger partial charge in [0, 0.05) is 19.8 Å². The third-order valence-electron chi connectivity index (χ3n) is 4.72. The number of hydrogen-bond donors (Lipinski definition) is 1. The highest BCUT2D eigenvalue weighted by atomic mass is 16.8. The summed E-state index contributed by atoms with van der Waals surface area (Å²) in [5.74, 6) is 0.265. The summed E-state index contributed by atoms with van der Waals surface area (Å²) in [7, 11) is 3.56. The Morgan fingerprint density at radius 2 is 1.87 bits per heavy atom. The maximum absolute atomic E-state index is 13.0. The van der Waals surface area contributed by atoms with E-state index >= 15 is 0 Å². The van der Waals surface area contributed by atoms with Crippen molar-refractivity contribution in [2.75, 3.05) is 30.5 Å². The van der Waals surface area contributed by atoms with Crippen LogP contribution in [0.4, 0.5) is 16.2 Å². The summed E-state index contributed by atoms with van der Waals surface area (Å²) in [5.41, 5.74) is 0.499. The van der Waals surface area contributed by atoms with Gasteiger partial charge in [0.05, 0.1) is 11.3 Å². The van der Waals surface area contributed by atoms with Crippen molar-refractivity contribution in [3.63, 3.8) is 0 Å². The van der Waals surface area contributed by atoms with Crippen LogP contribution in [0, 0.1) is 0 Å². The summed E-state index contributed by atoms with van der Waals surface area (Å²) in [5, 5.41) is 2.60.